The van der Waals surface area contributed by atoms with Crippen molar-refractivity contribution in [2.75, 3.05) is 7.11 Å². The summed E-state index contributed by atoms with van der Waals surface area (Å²) < 4.78 is 7.51. The molecular formula is C20H20N4OS. The quantitative estimate of drug-likeness (QED) is 0.511. The molecule has 4 rings (SSSR count). The molecule has 4 aromatic rings. The average Bonchev–Trinajstić information content (AvgIpc) is 3.25. The van der Waals surface area contributed by atoms with Crippen molar-refractivity contribution in [3.63, 3.8) is 0 Å². The second kappa shape index (κ2) is 6.88. The second-order valence-corrected chi connectivity index (χ2v) is 7.80. The highest BCUT2D eigenvalue weighted by Gasteiger charge is 2.19. The first-order valence-corrected chi connectivity index (χ1v) is 9.38. The van der Waals surface area contributed by atoms with Crippen molar-refractivity contribution in [2.45, 2.75) is 24.3 Å². The number of nitrogens with zero attached hydrogens (tertiary/aromatic N) is 3. The normalized spacial score (nSPS) is 11.4. The number of para-hydroxylation sites is 1. The zero-order chi connectivity index (χ0) is 18.1. The smallest absolute Gasteiger partial charge is 0.196 e. The molecule has 0 unspecified atom stereocenters. The lowest BCUT2D eigenvalue weighted by molar-refractivity contribution is 0.414. The number of ether oxygens (including phenoxy) is 1. The molecule has 132 valence electrons. The van der Waals surface area contributed by atoms with Gasteiger partial charge in [0.2, 0.25) is 0 Å². The molecule has 0 saturated heterocycles. The molecule has 2 aromatic heterocycles. The van der Waals surface area contributed by atoms with Crippen molar-refractivity contribution >= 4 is 22.7 Å². The molecule has 0 bridgehead atoms. The van der Waals surface area contributed by atoms with Gasteiger partial charge in [-0.2, -0.15) is 0 Å². The van der Waals surface area contributed by atoms with Crippen LogP contribution in [0.15, 0.2) is 59.9 Å². The lowest BCUT2D eigenvalue weighted by Crippen LogP contribution is -2.01. The number of fused-ring (bicyclic) bond motifs is 1. The molecule has 0 aliphatic carbocycles. The molecule has 5 nitrogen and oxygen atoms in total. The van der Waals surface area contributed by atoms with Gasteiger partial charge >= 0.3 is 0 Å². The summed E-state index contributed by atoms with van der Waals surface area (Å²) in [6.45, 7) is 4.31. The van der Waals surface area contributed by atoms with Crippen LogP contribution in [0.2, 0.25) is 0 Å². The zero-order valence-electron chi connectivity index (χ0n) is 14.9. The maximum absolute atomic E-state index is 5.41. The van der Waals surface area contributed by atoms with E-state index >= 15 is 0 Å². The van der Waals surface area contributed by atoms with E-state index in [1.165, 1.54) is 0 Å². The number of thioether (sulfide) groups is 1. The predicted molar refractivity (Wildman–Crippen MR) is 106 cm³/mol. The lowest BCUT2D eigenvalue weighted by atomic mass is 10.1. The van der Waals surface area contributed by atoms with Gasteiger partial charge in [-0.1, -0.05) is 49.9 Å². The van der Waals surface area contributed by atoms with Gasteiger partial charge in [0, 0.05) is 34.0 Å². The highest BCUT2D eigenvalue weighted by molar-refractivity contribution is 7.99. The third-order valence-electron chi connectivity index (χ3n) is 4.12. The first-order valence-electron chi connectivity index (χ1n) is 8.50. The van der Waals surface area contributed by atoms with Gasteiger partial charge < -0.3 is 9.72 Å². The third-order valence-corrected chi connectivity index (χ3v) is 5.06. The molecule has 0 aliphatic rings. The van der Waals surface area contributed by atoms with Crippen LogP contribution in [0.3, 0.4) is 0 Å². The summed E-state index contributed by atoms with van der Waals surface area (Å²) in [7, 11) is 1.68. The average molecular weight is 364 g/mol. The van der Waals surface area contributed by atoms with Crippen LogP contribution in [0.5, 0.6) is 5.75 Å². The van der Waals surface area contributed by atoms with Gasteiger partial charge in [0.25, 0.3) is 0 Å². The monoisotopic (exact) mass is 364 g/mol. The van der Waals surface area contributed by atoms with E-state index in [4.69, 9.17) is 4.74 Å². The van der Waals surface area contributed by atoms with Gasteiger partial charge in [0.15, 0.2) is 11.0 Å². The molecule has 26 heavy (non-hydrogen) atoms. The fraction of sp³-hybridized carbons (Fsp3) is 0.200. The molecule has 0 saturated carbocycles. The third kappa shape index (κ3) is 2.97. The molecule has 0 atom stereocenters. The zero-order valence-corrected chi connectivity index (χ0v) is 15.7. The van der Waals surface area contributed by atoms with Gasteiger partial charge in [-0.15, -0.1) is 10.2 Å². The summed E-state index contributed by atoms with van der Waals surface area (Å²) in [6, 6.07) is 16.2. The van der Waals surface area contributed by atoms with Crippen LogP contribution in [0.25, 0.3) is 28.0 Å². The molecular weight excluding hydrogens is 344 g/mol. The van der Waals surface area contributed by atoms with Crippen molar-refractivity contribution in [2.24, 2.45) is 0 Å². The van der Waals surface area contributed by atoms with Crippen LogP contribution < -0.4 is 4.74 Å². The van der Waals surface area contributed by atoms with Crippen molar-refractivity contribution in [3.05, 3.63) is 54.7 Å². The van der Waals surface area contributed by atoms with E-state index in [0.29, 0.717) is 5.25 Å². The standard InChI is InChI=1S/C20H20N4OS/c1-13(2)26-20-23-22-19(17-12-21-18-10-5-4-9-16(17)18)24(20)14-7-6-8-15(11-14)25-3/h4-13,21H,1-3H3. The first-order chi connectivity index (χ1) is 12.7. The Morgan fingerprint density at radius 2 is 1.92 bits per heavy atom. The number of H-pyrrole nitrogens is 1. The molecule has 2 aromatic carbocycles. The Morgan fingerprint density at radius 3 is 2.73 bits per heavy atom. The summed E-state index contributed by atoms with van der Waals surface area (Å²) >= 11 is 1.70. The SMILES string of the molecule is COc1cccc(-n2c(SC(C)C)nnc2-c2c[nH]c3ccccc23)c1. The Labute approximate surface area is 156 Å². The number of aromatic amines is 1. The van der Waals surface area contributed by atoms with Crippen molar-refractivity contribution < 1.29 is 4.74 Å². The Balaban J connectivity index is 1.94. The highest BCUT2D eigenvalue weighted by atomic mass is 32.2. The van der Waals surface area contributed by atoms with Gasteiger partial charge in [-0.25, -0.2) is 0 Å². The van der Waals surface area contributed by atoms with Gasteiger partial charge in [0.1, 0.15) is 5.75 Å². The molecule has 0 fully saturated rings. The fourth-order valence-electron chi connectivity index (χ4n) is 2.97. The summed E-state index contributed by atoms with van der Waals surface area (Å²) in [5, 5.41) is 11.4. The maximum atomic E-state index is 5.41. The van der Waals surface area contributed by atoms with E-state index in [2.05, 4.69) is 51.8 Å². The van der Waals surface area contributed by atoms with E-state index in [1.54, 1.807) is 18.9 Å². The summed E-state index contributed by atoms with van der Waals surface area (Å²) in [6.07, 6.45) is 2.00. The minimum atomic E-state index is 0.402. The number of benzene rings is 2. The summed E-state index contributed by atoms with van der Waals surface area (Å²) in [4.78, 5) is 3.33. The van der Waals surface area contributed by atoms with Crippen molar-refractivity contribution in [1.29, 1.82) is 0 Å². The number of methoxy groups -OCH3 is 1. The molecule has 1 N–H and O–H groups in total. The predicted octanol–water partition coefficient (Wildman–Crippen LogP) is 4.92. The highest BCUT2D eigenvalue weighted by Crippen LogP contribution is 2.34. The molecule has 0 amide bonds. The Morgan fingerprint density at radius 1 is 1.08 bits per heavy atom. The van der Waals surface area contributed by atoms with E-state index in [-0.39, 0.29) is 0 Å². The maximum Gasteiger partial charge on any atom is 0.196 e. The van der Waals surface area contributed by atoms with Gasteiger partial charge in [-0.05, 0) is 18.2 Å². The van der Waals surface area contributed by atoms with Crippen molar-refractivity contribution in [1.82, 2.24) is 19.7 Å². The minimum absolute atomic E-state index is 0.402. The molecule has 2 heterocycles. The van der Waals surface area contributed by atoms with Crippen LogP contribution in [0, 0.1) is 0 Å². The van der Waals surface area contributed by atoms with Gasteiger partial charge in [0.05, 0.1) is 12.8 Å². The van der Waals surface area contributed by atoms with Crippen LogP contribution in [-0.4, -0.2) is 32.1 Å². The number of aromatic nitrogens is 4. The number of rotatable bonds is 5. The Hall–Kier alpha value is -2.73. The first kappa shape index (κ1) is 16.7. The fourth-order valence-corrected chi connectivity index (χ4v) is 3.78. The van der Waals surface area contributed by atoms with E-state index in [1.807, 2.05) is 36.5 Å². The number of nitrogens with one attached hydrogen (secondary N) is 1. The van der Waals surface area contributed by atoms with Crippen LogP contribution in [0.4, 0.5) is 0 Å². The Kier molecular flexibility index (Phi) is 4.42. The number of hydrogen-bond donors (Lipinski definition) is 1. The van der Waals surface area contributed by atoms with E-state index in [0.717, 1.165) is 38.9 Å². The van der Waals surface area contributed by atoms with Crippen molar-refractivity contribution in [3.8, 4) is 22.8 Å². The lowest BCUT2D eigenvalue weighted by Gasteiger charge is -2.12. The van der Waals surface area contributed by atoms with E-state index in [9.17, 15) is 0 Å². The van der Waals surface area contributed by atoms with Crippen LogP contribution >= 0.6 is 11.8 Å². The van der Waals surface area contributed by atoms with Crippen LogP contribution in [0.1, 0.15) is 13.8 Å². The summed E-state index contributed by atoms with van der Waals surface area (Å²) in [5.41, 5.74) is 3.10. The minimum Gasteiger partial charge on any atom is -0.497 e. The number of hydrogen-bond acceptors (Lipinski definition) is 4. The second-order valence-electron chi connectivity index (χ2n) is 6.26. The molecule has 0 radical (unpaired) electrons. The topological polar surface area (TPSA) is 55.7 Å². The van der Waals surface area contributed by atoms with Crippen LogP contribution in [-0.2, 0) is 0 Å². The molecule has 6 heteroatoms. The molecule has 0 aliphatic heterocycles. The largest absolute Gasteiger partial charge is 0.497 e. The molecule has 0 spiro atoms. The van der Waals surface area contributed by atoms with Gasteiger partial charge in [-0.3, -0.25) is 4.57 Å². The summed E-state index contributed by atoms with van der Waals surface area (Å²) in [5.74, 6) is 1.63. The van der Waals surface area contributed by atoms with E-state index < -0.39 is 0 Å². The Bertz CT molecular complexity index is 1050.